The summed E-state index contributed by atoms with van der Waals surface area (Å²) < 4.78 is 74.0. The zero-order valence-electron chi connectivity index (χ0n) is 29.9. The van der Waals surface area contributed by atoms with Crippen LogP contribution in [-0.4, -0.2) is 66.5 Å². The first-order valence-electron chi connectivity index (χ1n) is 16.1. The topological polar surface area (TPSA) is 287 Å². The van der Waals surface area contributed by atoms with Crippen molar-refractivity contribution in [1.82, 2.24) is 9.78 Å². The number of para-hydroxylation sites is 1. The third kappa shape index (κ3) is 9.33. The molecule has 0 aliphatic carbocycles. The van der Waals surface area contributed by atoms with Crippen molar-refractivity contribution in [2.45, 2.75) is 36.6 Å². The predicted octanol–water partition coefficient (Wildman–Crippen LogP) is 5.92. The fraction of sp³-hybridized carbons (Fsp3) is 0.143. The number of aromatic nitrogens is 2. The lowest BCUT2D eigenvalue weighted by atomic mass is 10.1. The van der Waals surface area contributed by atoms with E-state index >= 15 is 0 Å². The zero-order valence-corrected chi connectivity index (χ0v) is 31.5. The van der Waals surface area contributed by atoms with Gasteiger partial charge in [-0.15, -0.1) is 5.11 Å². The number of Topliss-reactive ketones (excluding diaryl/α,β-unsaturated/α-hetero) is 1. The molecule has 21 heteroatoms. The van der Waals surface area contributed by atoms with Gasteiger partial charge in [0.05, 0.1) is 29.9 Å². The summed E-state index contributed by atoms with van der Waals surface area (Å²) in [5, 5.41) is 25.2. The lowest BCUT2D eigenvalue weighted by Gasteiger charge is -2.15. The molecule has 0 fully saturated rings. The molecular formula is C35H33N9O10S2. The molecule has 290 valence electrons. The smallest absolute Gasteiger partial charge is 0.296 e. The maximum atomic E-state index is 13.1. The molecule has 0 bridgehead atoms. The first-order valence-corrected chi connectivity index (χ1v) is 19.0. The number of nitrogens with one attached hydrogen (secondary N) is 2. The van der Waals surface area contributed by atoms with Crippen molar-refractivity contribution in [1.29, 1.82) is 0 Å². The van der Waals surface area contributed by atoms with Crippen LogP contribution in [0.2, 0.25) is 0 Å². The second kappa shape index (κ2) is 16.4. The lowest BCUT2D eigenvalue weighted by molar-refractivity contribution is -0.126. The van der Waals surface area contributed by atoms with Crippen molar-refractivity contribution >= 4 is 72.1 Å². The van der Waals surface area contributed by atoms with Crippen LogP contribution in [-0.2, 0) is 29.8 Å². The fourth-order valence-corrected chi connectivity index (χ4v) is 6.52. The van der Waals surface area contributed by atoms with Gasteiger partial charge in [0, 0.05) is 17.3 Å². The standard InChI is InChI=1S/C35H33N9O10S2/c1-19-16-27(28(54-4)18-29(19)55(48,49)50)38-35(47)32(21(3)45)42-40-26-15-14-24(17-30(26)56(51,52)53)37-34(46)22-10-12-23(13-11-22)39-41-31-20(2)43-44(33(31)36)25-8-6-5-7-9-25/h5-18,32H,36H2,1-4H3,(H,37,46)(H,38,47)(H,48,49,50)(H,51,52,53). The van der Waals surface area contributed by atoms with Gasteiger partial charge in [0.15, 0.2) is 17.3 Å². The fourth-order valence-electron chi connectivity index (χ4n) is 5.15. The van der Waals surface area contributed by atoms with Gasteiger partial charge in [0.2, 0.25) is 6.04 Å². The monoisotopic (exact) mass is 803 g/mol. The van der Waals surface area contributed by atoms with E-state index in [1.54, 1.807) is 11.6 Å². The SMILES string of the molecule is COc1cc(S(=O)(=O)O)c(C)cc1NC(=O)C(N=Nc1ccc(NC(=O)c2ccc(N=Nc3c(C)nn(-c4ccccc4)c3N)cc2)cc1S(=O)(=O)O)C(C)=O. The van der Waals surface area contributed by atoms with Crippen LogP contribution in [0.15, 0.2) is 115 Å². The van der Waals surface area contributed by atoms with Crippen LogP contribution in [0.3, 0.4) is 0 Å². The second-order valence-corrected chi connectivity index (χ2v) is 14.7. The minimum atomic E-state index is -4.99. The molecule has 56 heavy (non-hydrogen) atoms. The largest absolute Gasteiger partial charge is 0.495 e. The van der Waals surface area contributed by atoms with Gasteiger partial charge < -0.3 is 21.1 Å². The molecule has 0 saturated heterocycles. The van der Waals surface area contributed by atoms with Gasteiger partial charge >= 0.3 is 0 Å². The number of nitrogens with two attached hydrogens (primary N) is 1. The first-order chi connectivity index (χ1) is 26.4. The number of aryl methyl sites for hydroxylation is 2. The Morgan fingerprint density at radius 3 is 2.11 bits per heavy atom. The van der Waals surface area contributed by atoms with Crippen molar-refractivity contribution in [2.75, 3.05) is 23.5 Å². The molecule has 5 rings (SSSR count). The first kappa shape index (κ1) is 40.5. The number of azo groups is 2. The molecule has 1 aromatic heterocycles. The molecule has 0 aliphatic heterocycles. The quantitative estimate of drug-likeness (QED) is 0.0527. The Balaban J connectivity index is 1.31. The number of amides is 2. The number of methoxy groups -OCH3 is 1. The van der Waals surface area contributed by atoms with Crippen molar-refractivity contribution in [3.05, 3.63) is 102 Å². The number of ketones is 1. The minimum Gasteiger partial charge on any atom is -0.495 e. The van der Waals surface area contributed by atoms with Crippen LogP contribution in [0.4, 0.5) is 34.3 Å². The molecule has 1 heterocycles. The number of ether oxygens (including phenoxy) is 1. The molecule has 0 spiro atoms. The van der Waals surface area contributed by atoms with Gasteiger partial charge in [-0.1, -0.05) is 18.2 Å². The Morgan fingerprint density at radius 2 is 1.50 bits per heavy atom. The third-order valence-electron chi connectivity index (χ3n) is 7.90. The Bertz CT molecular complexity index is 2630. The third-order valence-corrected chi connectivity index (χ3v) is 9.78. The number of carbonyl (C=O) groups excluding carboxylic acids is 3. The molecule has 6 N–H and O–H groups in total. The molecule has 19 nitrogen and oxygen atoms in total. The van der Waals surface area contributed by atoms with Gasteiger partial charge in [-0.2, -0.15) is 37.3 Å². The van der Waals surface area contributed by atoms with Crippen LogP contribution in [0.1, 0.15) is 28.5 Å². The molecule has 4 aromatic carbocycles. The van der Waals surface area contributed by atoms with Crippen molar-refractivity contribution in [2.24, 2.45) is 20.5 Å². The Kier molecular flexibility index (Phi) is 11.8. The maximum Gasteiger partial charge on any atom is 0.296 e. The van der Waals surface area contributed by atoms with Gasteiger partial charge in [0.1, 0.15) is 21.2 Å². The molecule has 1 unspecified atom stereocenters. The highest BCUT2D eigenvalue weighted by molar-refractivity contribution is 7.86. The number of carbonyl (C=O) groups is 3. The number of hydrogen-bond acceptors (Lipinski definition) is 14. The van der Waals surface area contributed by atoms with Crippen LogP contribution in [0, 0.1) is 13.8 Å². The summed E-state index contributed by atoms with van der Waals surface area (Å²) >= 11 is 0. The van der Waals surface area contributed by atoms with Crippen LogP contribution in [0.25, 0.3) is 5.69 Å². The number of hydrogen-bond donors (Lipinski definition) is 5. The van der Waals surface area contributed by atoms with E-state index in [-0.39, 0.29) is 34.1 Å². The van der Waals surface area contributed by atoms with E-state index in [0.717, 1.165) is 30.8 Å². The van der Waals surface area contributed by atoms with E-state index < -0.39 is 59.4 Å². The lowest BCUT2D eigenvalue weighted by Crippen LogP contribution is -2.32. The van der Waals surface area contributed by atoms with Crippen LogP contribution in [0.5, 0.6) is 5.75 Å². The average molecular weight is 804 g/mol. The highest BCUT2D eigenvalue weighted by Crippen LogP contribution is 2.33. The van der Waals surface area contributed by atoms with E-state index in [2.05, 4.69) is 36.2 Å². The summed E-state index contributed by atoms with van der Waals surface area (Å²) in [5.41, 5.74) is 7.90. The Labute approximate surface area is 319 Å². The van der Waals surface area contributed by atoms with Crippen molar-refractivity contribution < 1.29 is 45.1 Å². The molecule has 0 aliphatic rings. The van der Waals surface area contributed by atoms with Gasteiger partial charge in [-0.3, -0.25) is 23.5 Å². The second-order valence-electron chi connectivity index (χ2n) is 11.9. The molecule has 5 aromatic rings. The molecule has 0 radical (unpaired) electrons. The number of benzene rings is 4. The summed E-state index contributed by atoms with van der Waals surface area (Å²) in [6.07, 6.45) is 0. The predicted molar refractivity (Wildman–Crippen MR) is 203 cm³/mol. The number of nitrogen functional groups attached to an aromatic ring is 1. The minimum absolute atomic E-state index is 0.0406. The summed E-state index contributed by atoms with van der Waals surface area (Å²) in [6.45, 7) is 4.10. The maximum absolute atomic E-state index is 13.1. The Morgan fingerprint density at radius 1 is 0.839 bits per heavy atom. The highest BCUT2D eigenvalue weighted by atomic mass is 32.2. The number of anilines is 3. The zero-order chi connectivity index (χ0) is 40.9. The van der Waals surface area contributed by atoms with Crippen LogP contribution >= 0.6 is 0 Å². The molecule has 0 saturated carbocycles. The Hall–Kier alpha value is -6.68. The van der Waals surface area contributed by atoms with E-state index in [9.17, 15) is 40.3 Å². The highest BCUT2D eigenvalue weighted by Gasteiger charge is 2.27. The summed E-state index contributed by atoms with van der Waals surface area (Å²) in [5.74, 6) is -2.42. The van der Waals surface area contributed by atoms with Crippen molar-refractivity contribution in [3.8, 4) is 11.4 Å². The molecular weight excluding hydrogens is 771 g/mol. The van der Waals surface area contributed by atoms with E-state index in [1.807, 2.05) is 30.3 Å². The molecule has 1 atom stereocenters. The van der Waals surface area contributed by atoms with Gasteiger partial charge in [-0.05, 0) is 87.0 Å². The number of nitrogens with zero attached hydrogens (tertiary/aromatic N) is 6. The summed E-state index contributed by atoms with van der Waals surface area (Å²) in [4.78, 5) is 37.3. The van der Waals surface area contributed by atoms with Gasteiger partial charge in [-0.25, -0.2) is 4.68 Å². The van der Waals surface area contributed by atoms with Crippen molar-refractivity contribution in [3.63, 3.8) is 0 Å². The average Bonchev–Trinajstić information content (AvgIpc) is 3.42. The van der Waals surface area contributed by atoms with E-state index in [4.69, 9.17) is 10.5 Å². The molecule has 2 amide bonds. The van der Waals surface area contributed by atoms with Gasteiger partial charge in [0.25, 0.3) is 32.1 Å². The van der Waals surface area contributed by atoms with Crippen LogP contribution < -0.4 is 21.1 Å². The van der Waals surface area contributed by atoms with E-state index in [1.165, 1.54) is 50.4 Å². The van der Waals surface area contributed by atoms with E-state index in [0.29, 0.717) is 17.1 Å². The number of rotatable bonds is 13. The summed E-state index contributed by atoms with van der Waals surface area (Å²) in [6, 6.07) is 18.7. The summed E-state index contributed by atoms with van der Waals surface area (Å²) in [7, 11) is -8.45. The normalized spacial score (nSPS) is 12.5.